The summed E-state index contributed by atoms with van der Waals surface area (Å²) in [4.78, 5) is 0. The lowest BCUT2D eigenvalue weighted by Crippen LogP contribution is -2.01. The number of benzene rings is 2. The summed E-state index contributed by atoms with van der Waals surface area (Å²) in [7, 11) is 0. The van der Waals surface area contributed by atoms with E-state index in [0.29, 0.717) is 28.9 Å². The standard InChI is InChI=1S/C16H11ClN4O/c17-13-7-5-11(6-8-13)16-21-20-15(22-16)10-19-14-4-2-1-3-12(14)9-18/h1-8,19H,10H2. The highest BCUT2D eigenvalue weighted by atomic mass is 35.5. The zero-order valence-electron chi connectivity index (χ0n) is 11.5. The van der Waals surface area contributed by atoms with E-state index in [0.717, 1.165) is 11.3 Å². The van der Waals surface area contributed by atoms with Crippen LogP contribution in [0.5, 0.6) is 0 Å². The Kier molecular flexibility index (Phi) is 4.03. The summed E-state index contributed by atoms with van der Waals surface area (Å²) >= 11 is 5.85. The van der Waals surface area contributed by atoms with Gasteiger partial charge in [0, 0.05) is 10.6 Å². The van der Waals surface area contributed by atoms with Gasteiger partial charge in [-0.05, 0) is 36.4 Å². The second kappa shape index (κ2) is 6.29. The average Bonchev–Trinajstić information content (AvgIpc) is 3.03. The van der Waals surface area contributed by atoms with E-state index in [2.05, 4.69) is 21.6 Å². The second-order valence-corrected chi connectivity index (χ2v) is 4.96. The normalized spacial score (nSPS) is 10.2. The Balaban J connectivity index is 1.72. The molecular weight excluding hydrogens is 300 g/mol. The van der Waals surface area contributed by atoms with Crippen LogP contribution in [0.2, 0.25) is 5.02 Å². The van der Waals surface area contributed by atoms with Crippen molar-refractivity contribution >= 4 is 17.3 Å². The molecule has 0 atom stereocenters. The van der Waals surface area contributed by atoms with E-state index in [1.54, 1.807) is 18.2 Å². The van der Waals surface area contributed by atoms with Crippen LogP contribution in [0, 0.1) is 11.3 Å². The maximum absolute atomic E-state index is 9.04. The zero-order valence-corrected chi connectivity index (χ0v) is 12.2. The lowest BCUT2D eigenvalue weighted by Gasteiger charge is -2.04. The third-order valence-electron chi connectivity index (χ3n) is 3.04. The molecule has 2 aromatic carbocycles. The van der Waals surface area contributed by atoms with Crippen molar-refractivity contribution in [2.45, 2.75) is 6.54 Å². The molecule has 1 heterocycles. The fourth-order valence-corrected chi connectivity index (χ4v) is 2.07. The number of hydrogen-bond donors (Lipinski definition) is 1. The summed E-state index contributed by atoms with van der Waals surface area (Å²) in [6.07, 6.45) is 0. The first-order valence-electron chi connectivity index (χ1n) is 6.57. The van der Waals surface area contributed by atoms with Crippen LogP contribution in [0.3, 0.4) is 0 Å². The molecule has 108 valence electrons. The summed E-state index contributed by atoms with van der Waals surface area (Å²) in [5.41, 5.74) is 2.11. The van der Waals surface area contributed by atoms with Gasteiger partial charge in [0.25, 0.3) is 0 Å². The highest BCUT2D eigenvalue weighted by Crippen LogP contribution is 2.21. The Morgan fingerprint density at radius 1 is 1.09 bits per heavy atom. The second-order valence-electron chi connectivity index (χ2n) is 4.52. The van der Waals surface area contributed by atoms with Crippen molar-refractivity contribution in [2.24, 2.45) is 0 Å². The van der Waals surface area contributed by atoms with Crippen LogP contribution in [-0.4, -0.2) is 10.2 Å². The van der Waals surface area contributed by atoms with Gasteiger partial charge in [0.05, 0.1) is 17.8 Å². The molecule has 0 unspecified atom stereocenters. The van der Waals surface area contributed by atoms with Crippen molar-refractivity contribution in [2.75, 3.05) is 5.32 Å². The van der Waals surface area contributed by atoms with Gasteiger partial charge < -0.3 is 9.73 Å². The molecule has 3 rings (SSSR count). The van der Waals surface area contributed by atoms with Gasteiger partial charge in [-0.25, -0.2) is 0 Å². The summed E-state index contributed by atoms with van der Waals surface area (Å²) in [6, 6.07) is 16.5. The maximum Gasteiger partial charge on any atom is 0.247 e. The molecule has 0 saturated carbocycles. The van der Waals surface area contributed by atoms with Gasteiger partial charge >= 0.3 is 0 Å². The van der Waals surface area contributed by atoms with Crippen molar-refractivity contribution in [3.05, 3.63) is 65.0 Å². The van der Waals surface area contributed by atoms with Gasteiger partial charge in [-0.15, -0.1) is 10.2 Å². The van der Waals surface area contributed by atoms with Gasteiger partial charge in [-0.1, -0.05) is 23.7 Å². The SMILES string of the molecule is N#Cc1ccccc1NCc1nnc(-c2ccc(Cl)cc2)o1. The van der Waals surface area contributed by atoms with Gasteiger partial charge in [-0.3, -0.25) is 0 Å². The molecule has 0 saturated heterocycles. The molecule has 5 nitrogen and oxygen atoms in total. The first-order chi connectivity index (χ1) is 10.8. The quantitative estimate of drug-likeness (QED) is 0.791. The number of nitrogens with zero attached hydrogens (tertiary/aromatic N) is 3. The van der Waals surface area contributed by atoms with E-state index in [4.69, 9.17) is 21.3 Å². The van der Waals surface area contributed by atoms with Crippen LogP contribution in [0.1, 0.15) is 11.5 Å². The number of rotatable bonds is 4. The van der Waals surface area contributed by atoms with Crippen LogP contribution < -0.4 is 5.32 Å². The van der Waals surface area contributed by atoms with Crippen LogP contribution in [-0.2, 0) is 6.54 Å². The molecule has 3 aromatic rings. The molecule has 22 heavy (non-hydrogen) atoms. The number of anilines is 1. The van der Waals surface area contributed by atoms with Crippen molar-refractivity contribution in [1.82, 2.24) is 10.2 Å². The lowest BCUT2D eigenvalue weighted by atomic mass is 10.2. The van der Waals surface area contributed by atoms with Gasteiger partial charge in [0.2, 0.25) is 11.8 Å². The summed E-state index contributed by atoms with van der Waals surface area (Å²) in [5.74, 6) is 0.875. The van der Waals surface area contributed by atoms with Crippen molar-refractivity contribution in [1.29, 1.82) is 5.26 Å². The number of nitriles is 1. The fraction of sp³-hybridized carbons (Fsp3) is 0.0625. The Morgan fingerprint density at radius 2 is 1.86 bits per heavy atom. The minimum absolute atomic E-state index is 0.347. The Bertz CT molecular complexity index is 821. The molecule has 0 aliphatic heterocycles. The summed E-state index contributed by atoms with van der Waals surface area (Å²) in [6.45, 7) is 0.347. The van der Waals surface area contributed by atoms with Gasteiger partial charge in [0.1, 0.15) is 6.07 Å². The molecule has 0 aliphatic rings. The minimum atomic E-state index is 0.347. The average molecular weight is 311 g/mol. The third kappa shape index (κ3) is 3.08. The number of halogens is 1. The largest absolute Gasteiger partial charge is 0.419 e. The molecule has 0 bridgehead atoms. The minimum Gasteiger partial charge on any atom is -0.419 e. The van der Waals surface area contributed by atoms with Crippen molar-refractivity contribution < 1.29 is 4.42 Å². The van der Waals surface area contributed by atoms with Crippen LogP contribution >= 0.6 is 11.6 Å². The molecule has 0 radical (unpaired) electrons. The smallest absolute Gasteiger partial charge is 0.247 e. The Labute approximate surface area is 132 Å². The van der Waals surface area contributed by atoms with Crippen LogP contribution in [0.25, 0.3) is 11.5 Å². The summed E-state index contributed by atoms with van der Waals surface area (Å²) in [5, 5.41) is 20.8. The van der Waals surface area contributed by atoms with E-state index >= 15 is 0 Å². The number of nitrogens with one attached hydrogen (secondary N) is 1. The Hall–Kier alpha value is -2.84. The predicted molar refractivity (Wildman–Crippen MR) is 83.2 cm³/mol. The van der Waals surface area contributed by atoms with Crippen molar-refractivity contribution in [3.8, 4) is 17.5 Å². The molecular formula is C16H11ClN4O. The molecule has 0 fully saturated rings. The molecule has 0 spiro atoms. The van der Waals surface area contributed by atoms with Crippen LogP contribution in [0.4, 0.5) is 5.69 Å². The Morgan fingerprint density at radius 3 is 2.64 bits per heavy atom. The predicted octanol–water partition coefficient (Wildman–Crippen LogP) is 3.87. The van der Waals surface area contributed by atoms with Gasteiger partial charge in [-0.2, -0.15) is 5.26 Å². The number of para-hydroxylation sites is 1. The monoisotopic (exact) mass is 310 g/mol. The fourth-order valence-electron chi connectivity index (χ4n) is 1.94. The maximum atomic E-state index is 9.04. The molecule has 1 N–H and O–H groups in total. The van der Waals surface area contributed by atoms with E-state index in [1.807, 2.05) is 30.3 Å². The molecule has 0 aliphatic carbocycles. The van der Waals surface area contributed by atoms with E-state index in [1.165, 1.54) is 0 Å². The van der Waals surface area contributed by atoms with E-state index in [-0.39, 0.29) is 0 Å². The zero-order chi connectivity index (χ0) is 15.4. The van der Waals surface area contributed by atoms with Crippen LogP contribution in [0.15, 0.2) is 52.9 Å². The molecule has 1 aromatic heterocycles. The number of hydrogen-bond acceptors (Lipinski definition) is 5. The third-order valence-corrected chi connectivity index (χ3v) is 3.29. The first-order valence-corrected chi connectivity index (χ1v) is 6.95. The van der Waals surface area contributed by atoms with Gasteiger partial charge in [0.15, 0.2) is 0 Å². The van der Waals surface area contributed by atoms with E-state index in [9.17, 15) is 0 Å². The lowest BCUT2D eigenvalue weighted by molar-refractivity contribution is 0.515. The molecule has 0 amide bonds. The first kappa shape index (κ1) is 14.1. The highest BCUT2D eigenvalue weighted by Gasteiger charge is 2.09. The topological polar surface area (TPSA) is 74.7 Å². The number of aromatic nitrogens is 2. The van der Waals surface area contributed by atoms with Crippen molar-refractivity contribution in [3.63, 3.8) is 0 Å². The highest BCUT2D eigenvalue weighted by molar-refractivity contribution is 6.30. The molecule has 6 heteroatoms. The van der Waals surface area contributed by atoms with E-state index < -0.39 is 0 Å². The summed E-state index contributed by atoms with van der Waals surface area (Å²) < 4.78 is 5.59.